The molecule has 0 rings (SSSR count). The molecule has 0 amide bonds. The van der Waals surface area contributed by atoms with Crippen LogP contribution >= 0.6 is 0 Å². The second-order valence-electron chi connectivity index (χ2n) is 3.35. The number of nitrogens with one attached hydrogen (secondary N) is 1. The Hall–Kier alpha value is -0.300. The van der Waals surface area contributed by atoms with Crippen molar-refractivity contribution in [2.45, 2.75) is 46.1 Å². The van der Waals surface area contributed by atoms with E-state index in [9.17, 15) is 0 Å². The summed E-state index contributed by atoms with van der Waals surface area (Å²) in [5.74, 6) is 0. The molecule has 0 aliphatic carbocycles. The Kier molecular flexibility index (Phi) is 6.24. The van der Waals surface area contributed by atoms with E-state index in [1.165, 1.54) is 18.4 Å². The van der Waals surface area contributed by atoms with E-state index in [4.69, 9.17) is 0 Å². The molecule has 11 heavy (non-hydrogen) atoms. The van der Waals surface area contributed by atoms with Crippen molar-refractivity contribution in [3.63, 3.8) is 0 Å². The molecule has 0 spiro atoms. The van der Waals surface area contributed by atoms with Crippen molar-refractivity contribution >= 4 is 0 Å². The molecule has 0 saturated carbocycles. The van der Waals surface area contributed by atoms with Crippen molar-refractivity contribution in [1.29, 1.82) is 0 Å². The molecule has 1 unspecified atom stereocenters. The predicted octanol–water partition coefficient (Wildman–Crippen LogP) is 2.73. The monoisotopic (exact) mass is 155 g/mol. The van der Waals surface area contributed by atoms with Gasteiger partial charge in [0, 0.05) is 6.04 Å². The molecule has 0 saturated heterocycles. The fourth-order valence-corrected chi connectivity index (χ4v) is 1.07. The van der Waals surface area contributed by atoms with Gasteiger partial charge in [-0.05, 0) is 33.2 Å². The highest BCUT2D eigenvalue weighted by molar-refractivity contribution is 4.88. The normalized spacial score (nSPS) is 13.0. The zero-order valence-electron chi connectivity index (χ0n) is 8.11. The largest absolute Gasteiger partial charge is 0.314 e. The Labute approximate surface area is 70.9 Å². The third-order valence-corrected chi connectivity index (χ3v) is 1.77. The average Bonchev–Trinajstić information content (AvgIpc) is 1.87. The molecule has 0 aromatic carbocycles. The van der Waals surface area contributed by atoms with Gasteiger partial charge in [-0.2, -0.15) is 0 Å². The lowest BCUT2D eigenvalue weighted by atomic mass is 10.2. The van der Waals surface area contributed by atoms with Crippen LogP contribution in [0.3, 0.4) is 0 Å². The first-order valence-corrected chi connectivity index (χ1v) is 4.54. The van der Waals surface area contributed by atoms with Crippen molar-refractivity contribution in [1.82, 2.24) is 5.32 Å². The highest BCUT2D eigenvalue weighted by atomic mass is 14.9. The number of hydrogen-bond acceptors (Lipinski definition) is 1. The second kappa shape index (κ2) is 6.41. The van der Waals surface area contributed by atoms with E-state index in [0.717, 1.165) is 13.0 Å². The lowest BCUT2D eigenvalue weighted by molar-refractivity contribution is 0.511. The van der Waals surface area contributed by atoms with Gasteiger partial charge in [-0.3, -0.25) is 0 Å². The molecule has 1 nitrogen and oxygen atoms in total. The van der Waals surface area contributed by atoms with Crippen LogP contribution in [0.2, 0.25) is 0 Å². The minimum atomic E-state index is 0.666. The molecule has 1 N–H and O–H groups in total. The summed E-state index contributed by atoms with van der Waals surface area (Å²) in [7, 11) is 0. The van der Waals surface area contributed by atoms with Crippen LogP contribution in [0, 0.1) is 0 Å². The van der Waals surface area contributed by atoms with E-state index in [0.29, 0.717) is 6.04 Å². The van der Waals surface area contributed by atoms with Gasteiger partial charge in [0.2, 0.25) is 0 Å². The first kappa shape index (κ1) is 10.7. The smallest absolute Gasteiger partial charge is 0.00387 e. The van der Waals surface area contributed by atoms with Crippen LogP contribution in [0.5, 0.6) is 0 Å². The van der Waals surface area contributed by atoms with E-state index in [1.807, 2.05) is 0 Å². The van der Waals surface area contributed by atoms with E-state index < -0.39 is 0 Å². The lowest BCUT2D eigenvalue weighted by Gasteiger charge is -2.11. The topological polar surface area (TPSA) is 12.0 Å². The quantitative estimate of drug-likeness (QED) is 0.582. The Morgan fingerprint density at radius 3 is 2.64 bits per heavy atom. The van der Waals surface area contributed by atoms with Gasteiger partial charge in [0.05, 0.1) is 0 Å². The Balaban J connectivity index is 3.16. The summed E-state index contributed by atoms with van der Waals surface area (Å²) in [6, 6.07) is 0.666. The van der Waals surface area contributed by atoms with Crippen molar-refractivity contribution in [3.05, 3.63) is 12.2 Å². The predicted molar refractivity (Wildman–Crippen MR) is 51.8 cm³/mol. The van der Waals surface area contributed by atoms with Crippen molar-refractivity contribution in [2.24, 2.45) is 0 Å². The van der Waals surface area contributed by atoms with Gasteiger partial charge in [0.1, 0.15) is 0 Å². The maximum atomic E-state index is 3.86. The van der Waals surface area contributed by atoms with Gasteiger partial charge in [0.25, 0.3) is 0 Å². The minimum absolute atomic E-state index is 0.666. The minimum Gasteiger partial charge on any atom is -0.314 e. The highest BCUT2D eigenvalue weighted by Crippen LogP contribution is 1.97. The van der Waals surface area contributed by atoms with Gasteiger partial charge in [0.15, 0.2) is 0 Å². The van der Waals surface area contributed by atoms with E-state index in [1.54, 1.807) is 0 Å². The second-order valence-corrected chi connectivity index (χ2v) is 3.35. The van der Waals surface area contributed by atoms with Gasteiger partial charge >= 0.3 is 0 Å². The van der Waals surface area contributed by atoms with Crippen molar-refractivity contribution in [2.75, 3.05) is 6.54 Å². The first-order chi connectivity index (χ1) is 5.16. The summed E-state index contributed by atoms with van der Waals surface area (Å²) in [4.78, 5) is 0. The Morgan fingerprint density at radius 2 is 2.18 bits per heavy atom. The third kappa shape index (κ3) is 7.60. The summed E-state index contributed by atoms with van der Waals surface area (Å²) in [6.07, 6.45) is 3.64. The van der Waals surface area contributed by atoms with Gasteiger partial charge in [-0.1, -0.05) is 18.9 Å². The first-order valence-electron chi connectivity index (χ1n) is 4.54. The molecule has 0 radical (unpaired) electrons. The summed E-state index contributed by atoms with van der Waals surface area (Å²) in [6.45, 7) is 11.5. The van der Waals surface area contributed by atoms with Gasteiger partial charge < -0.3 is 5.32 Å². The molecule has 0 aromatic rings. The van der Waals surface area contributed by atoms with E-state index in [-0.39, 0.29) is 0 Å². The molecular formula is C10H21N. The van der Waals surface area contributed by atoms with Crippen LogP contribution in [0.1, 0.15) is 40.0 Å². The van der Waals surface area contributed by atoms with Crippen LogP contribution < -0.4 is 5.32 Å². The maximum absolute atomic E-state index is 3.86. The molecule has 0 aromatic heterocycles. The fourth-order valence-electron chi connectivity index (χ4n) is 1.07. The van der Waals surface area contributed by atoms with Crippen molar-refractivity contribution < 1.29 is 0 Å². The number of hydrogen-bond donors (Lipinski definition) is 1. The molecule has 0 aliphatic rings. The van der Waals surface area contributed by atoms with Gasteiger partial charge in [-0.15, -0.1) is 6.58 Å². The zero-order chi connectivity index (χ0) is 8.69. The van der Waals surface area contributed by atoms with E-state index in [2.05, 4.69) is 32.7 Å². The SMILES string of the molecule is C=C(C)CCNC(C)CCC. The van der Waals surface area contributed by atoms with Crippen LogP contribution in [-0.2, 0) is 0 Å². The Morgan fingerprint density at radius 1 is 1.55 bits per heavy atom. The summed E-state index contributed by atoms with van der Waals surface area (Å²) < 4.78 is 0. The van der Waals surface area contributed by atoms with Crippen LogP contribution in [0.15, 0.2) is 12.2 Å². The molecule has 66 valence electrons. The molecule has 1 atom stereocenters. The van der Waals surface area contributed by atoms with Crippen LogP contribution in [-0.4, -0.2) is 12.6 Å². The summed E-state index contributed by atoms with van der Waals surface area (Å²) in [5.41, 5.74) is 1.26. The fraction of sp³-hybridized carbons (Fsp3) is 0.800. The van der Waals surface area contributed by atoms with E-state index >= 15 is 0 Å². The molecule has 0 bridgehead atoms. The Bertz CT molecular complexity index is 107. The van der Waals surface area contributed by atoms with Crippen LogP contribution in [0.25, 0.3) is 0 Å². The standard InChI is InChI=1S/C10H21N/c1-5-6-10(4)11-8-7-9(2)3/h10-11H,2,5-8H2,1,3-4H3. The lowest BCUT2D eigenvalue weighted by Crippen LogP contribution is -2.26. The molecule has 0 heterocycles. The molecule has 0 aliphatic heterocycles. The van der Waals surface area contributed by atoms with Gasteiger partial charge in [-0.25, -0.2) is 0 Å². The third-order valence-electron chi connectivity index (χ3n) is 1.77. The molecule has 0 fully saturated rings. The highest BCUT2D eigenvalue weighted by Gasteiger charge is 1.97. The number of rotatable bonds is 6. The zero-order valence-corrected chi connectivity index (χ0v) is 8.11. The molecular weight excluding hydrogens is 134 g/mol. The molecule has 1 heteroatoms. The maximum Gasteiger partial charge on any atom is 0.00387 e. The summed E-state index contributed by atoms with van der Waals surface area (Å²) in [5, 5.41) is 3.45. The average molecular weight is 155 g/mol. The van der Waals surface area contributed by atoms with Crippen molar-refractivity contribution in [3.8, 4) is 0 Å². The summed E-state index contributed by atoms with van der Waals surface area (Å²) >= 11 is 0. The van der Waals surface area contributed by atoms with Crippen LogP contribution in [0.4, 0.5) is 0 Å².